The number of anilines is 1. The number of carbonyl (C=O) groups is 2. The molecule has 0 radical (unpaired) electrons. The molecule has 120 valence electrons. The monoisotopic (exact) mass is 371 g/mol. The molecular formula is C15H18BrNO5. The van der Waals surface area contributed by atoms with Crippen LogP contribution in [0.15, 0.2) is 34.4 Å². The number of hydrogen-bond donors (Lipinski definition) is 1. The molecule has 0 aromatic heterocycles. The van der Waals surface area contributed by atoms with Crippen LogP contribution in [0.4, 0.5) is 5.69 Å². The Morgan fingerprint density at radius 2 is 1.77 bits per heavy atom. The lowest BCUT2D eigenvalue weighted by Crippen LogP contribution is -2.19. The Kier molecular flexibility index (Phi) is 7.45. The van der Waals surface area contributed by atoms with Crippen molar-refractivity contribution in [3.63, 3.8) is 0 Å². The number of rotatable bonds is 7. The maximum Gasteiger partial charge on any atom is 0.347 e. The van der Waals surface area contributed by atoms with Gasteiger partial charge in [0.05, 0.1) is 24.8 Å². The molecule has 1 N–H and O–H groups in total. The van der Waals surface area contributed by atoms with Gasteiger partial charge >= 0.3 is 11.9 Å². The molecule has 0 saturated heterocycles. The molecule has 7 heteroatoms. The Labute approximate surface area is 137 Å². The first-order valence-electron chi connectivity index (χ1n) is 6.67. The number of benzene rings is 1. The number of hydrogen-bond acceptors (Lipinski definition) is 6. The molecule has 0 aliphatic rings. The van der Waals surface area contributed by atoms with E-state index in [1.54, 1.807) is 39.2 Å². The van der Waals surface area contributed by atoms with Crippen LogP contribution in [0, 0.1) is 0 Å². The van der Waals surface area contributed by atoms with Crippen LogP contribution < -0.4 is 10.1 Å². The minimum Gasteiger partial charge on any atom is -0.495 e. The molecule has 0 saturated carbocycles. The summed E-state index contributed by atoms with van der Waals surface area (Å²) in [5.74, 6) is -0.859. The molecule has 0 unspecified atom stereocenters. The largest absolute Gasteiger partial charge is 0.495 e. The van der Waals surface area contributed by atoms with Gasteiger partial charge in [-0.2, -0.15) is 0 Å². The Balaban J connectivity index is 2.97. The van der Waals surface area contributed by atoms with Crippen LogP contribution in [-0.4, -0.2) is 32.3 Å². The van der Waals surface area contributed by atoms with E-state index in [1.807, 2.05) is 0 Å². The van der Waals surface area contributed by atoms with Gasteiger partial charge in [0.15, 0.2) is 5.57 Å². The van der Waals surface area contributed by atoms with Crippen molar-refractivity contribution in [1.29, 1.82) is 0 Å². The van der Waals surface area contributed by atoms with Crippen LogP contribution in [0.25, 0.3) is 0 Å². The predicted molar refractivity (Wildman–Crippen MR) is 85.7 cm³/mol. The minimum atomic E-state index is -0.738. The summed E-state index contributed by atoms with van der Waals surface area (Å²) >= 11 is 3.34. The zero-order chi connectivity index (χ0) is 16.5. The molecule has 0 fully saturated rings. The summed E-state index contributed by atoms with van der Waals surface area (Å²) in [5, 5.41) is 2.86. The molecule has 0 heterocycles. The van der Waals surface area contributed by atoms with Crippen LogP contribution in [0.1, 0.15) is 13.8 Å². The molecule has 0 atom stereocenters. The smallest absolute Gasteiger partial charge is 0.347 e. The Morgan fingerprint density at radius 1 is 1.18 bits per heavy atom. The molecule has 1 aromatic rings. The van der Waals surface area contributed by atoms with E-state index in [0.29, 0.717) is 11.4 Å². The lowest BCUT2D eigenvalue weighted by molar-refractivity contribution is -0.146. The summed E-state index contributed by atoms with van der Waals surface area (Å²) in [4.78, 5) is 23.6. The van der Waals surface area contributed by atoms with E-state index in [0.717, 1.165) is 4.47 Å². The molecule has 22 heavy (non-hydrogen) atoms. The van der Waals surface area contributed by atoms with Gasteiger partial charge in [0.25, 0.3) is 0 Å². The van der Waals surface area contributed by atoms with E-state index in [4.69, 9.17) is 14.2 Å². The van der Waals surface area contributed by atoms with Crippen LogP contribution >= 0.6 is 15.9 Å². The minimum absolute atomic E-state index is 0.168. The van der Waals surface area contributed by atoms with Crippen molar-refractivity contribution < 1.29 is 23.8 Å². The summed E-state index contributed by atoms with van der Waals surface area (Å²) in [6, 6.07) is 5.26. The van der Waals surface area contributed by atoms with Gasteiger partial charge in [0, 0.05) is 18.0 Å². The Bertz CT molecular complexity index is 551. The third kappa shape index (κ3) is 5.07. The molecule has 0 aliphatic heterocycles. The highest BCUT2D eigenvalue weighted by atomic mass is 79.9. The molecule has 0 amide bonds. The normalized spacial score (nSPS) is 9.64. The zero-order valence-electron chi connectivity index (χ0n) is 12.6. The first-order valence-corrected chi connectivity index (χ1v) is 7.47. The maximum absolute atomic E-state index is 11.8. The SMILES string of the molecule is CCOC(=O)C(=CNc1ccc(Br)c(OC)c1)C(=O)OCC. The van der Waals surface area contributed by atoms with E-state index >= 15 is 0 Å². The molecular weight excluding hydrogens is 354 g/mol. The molecule has 6 nitrogen and oxygen atoms in total. The molecule has 0 aliphatic carbocycles. The number of methoxy groups -OCH3 is 1. The Morgan fingerprint density at radius 3 is 2.27 bits per heavy atom. The van der Waals surface area contributed by atoms with E-state index in [9.17, 15) is 9.59 Å². The predicted octanol–water partition coefficient (Wildman–Crippen LogP) is 2.88. The van der Waals surface area contributed by atoms with Gasteiger partial charge in [-0.1, -0.05) is 0 Å². The van der Waals surface area contributed by atoms with Crippen molar-refractivity contribution >= 4 is 33.6 Å². The highest BCUT2D eigenvalue weighted by Gasteiger charge is 2.20. The fraction of sp³-hybridized carbons (Fsp3) is 0.333. The molecule has 0 bridgehead atoms. The average Bonchev–Trinajstić information content (AvgIpc) is 2.49. The number of esters is 2. The standard InChI is InChI=1S/C15H18BrNO5/c1-4-21-14(18)11(15(19)22-5-2)9-17-10-6-7-12(16)13(8-10)20-3/h6-9,17H,4-5H2,1-3H3. The van der Waals surface area contributed by atoms with Gasteiger partial charge in [-0.15, -0.1) is 0 Å². The maximum atomic E-state index is 11.8. The van der Waals surface area contributed by atoms with E-state index in [1.165, 1.54) is 6.20 Å². The van der Waals surface area contributed by atoms with Gasteiger partial charge in [0.2, 0.25) is 0 Å². The van der Waals surface area contributed by atoms with Gasteiger partial charge in [-0.05, 0) is 41.9 Å². The van der Waals surface area contributed by atoms with E-state index < -0.39 is 11.9 Å². The third-order valence-electron chi connectivity index (χ3n) is 2.52. The lowest BCUT2D eigenvalue weighted by Gasteiger charge is -2.09. The highest BCUT2D eigenvalue weighted by molar-refractivity contribution is 9.10. The highest BCUT2D eigenvalue weighted by Crippen LogP contribution is 2.27. The first kappa shape index (κ1) is 18.0. The van der Waals surface area contributed by atoms with Gasteiger partial charge < -0.3 is 19.5 Å². The fourth-order valence-corrected chi connectivity index (χ4v) is 1.93. The van der Waals surface area contributed by atoms with Crippen LogP contribution in [0.2, 0.25) is 0 Å². The Hall–Kier alpha value is -2.02. The quantitative estimate of drug-likeness (QED) is 0.343. The van der Waals surface area contributed by atoms with Crippen molar-refractivity contribution in [1.82, 2.24) is 0 Å². The molecule has 0 spiro atoms. The van der Waals surface area contributed by atoms with Crippen molar-refractivity contribution in [3.05, 3.63) is 34.4 Å². The number of nitrogens with one attached hydrogen (secondary N) is 1. The van der Waals surface area contributed by atoms with Gasteiger partial charge in [-0.25, -0.2) is 9.59 Å². The summed E-state index contributed by atoms with van der Waals surface area (Å²) in [6.45, 7) is 3.66. The van der Waals surface area contributed by atoms with Crippen molar-refractivity contribution in [2.24, 2.45) is 0 Å². The van der Waals surface area contributed by atoms with Crippen LogP contribution in [0.3, 0.4) is 0 Å². The molecule has 1 aromatic carbocycles. The number of carbonyl (C=O) groups excluding carboxylic acids is 2. The van der Waals surface area contributed by atoms with Gasteiger partial charge in [0.1, 0.15) is 5.75 Å². The summed E-state index contributed by atoms with van der Waals surface area (Å²) in [6.07, 6.45) is 1.26. The summed E-state index contributed by atoms with van der Waals surface area (Å²) in [5.41, 5.74) is 0.441. The topological polar surface area (TPSA) is 73.9 Å². The van der Waals surface area contributed by atoms with Crippen molar-refractivity contribution in [2.75, 3.05) is 25.6 Å². The molecule has 1 rings (SSSR count). The van der Waals surface area contributed by atoms with E-state index in [-0.39, 0.29) is 18.8 Å². The van der Waals surface area contributed by atoms with Crippen LogP contribution in [0.5, 0.6) is 5.75 Å². The first-order chi connectivity index (χ1) is 10.5. The second-order valence-electron chi connectivity index (χ2n) is 3.99. The van der Waals surface area contributed by atoms with Crippen molar-refractivity contribution in [3.8, 4) is 5.75 Å². The average molecular weight is 372 g/mol. The second-order valence-corrected chi connectivity index (χ2v) is 4.85. The number of ether oxygens (including phenoxy) is 3. The summed E-state index contributed by atoms with van der Waals surface area (Å²) < 4.78 is 15.7. The summed E-state index contributed by atoms with van der Waals surface area (Å²) in [7, 11) is 1.54. The van der Waals surface area contributed by atoms with Crippen molar-refractivity contribution in [2.45, 2.75) is 13.8 Å². The fourth-order valence-electron chi connectivity index (χ4n) is 1.52. The third-order valence-corrected chi connectivity index (χ3v) is 3.18. The van der Waals surface area contributed by atoms with E-state index in [2.05, 4.69) is 21.2 Å². The zero-order valence-corrected chi connectivity index (χ0v) is 14.2. The number of halogens is 1. The lowest BCUT2D eigenvalue weighted by atomic mass is 10.2. The van der Waals surface area contributed by atoms with Crippen LogP contribution in [-0.2, 0) is 19.1 Å². The van der Waals surface area contributed by atoms with Gasteiger partial charge in [-0.3, -0.25) is 0 Å². The second kappa shape index (κ2) is 9.09.